The molecule has 1 aliphatic carbocycles. The Bertz CT molecular complexity index is 342. The summed E-state index contributed by atoms with van der Waals surface area (Å²) < 4.78 is 0. The molecule has 15 heavy (non-hydrogen) atoms. The summed E-state index contributed by atoms with van der Waals surface area (Å²) in [5.41, 5.74) is 10.4. The molecule has 0 heterocycles. The molecule has 0 saturated heterocycles. The molecule has 1 aromatic carbocycles. The van der Waals surface area contributed by atoms with Gasteiger partial charge in [-0.2, -0.15) is 0 Å². The summed E-state index contributed by atoms with van der Waals surface area (Å²) in [6, 6.07) is 6.83. The van der Waals surface area contributed by atoms with Crippen LogP contribution in [0.25, 0.3) is 0 Å². The summed E-state index contributed by atoms with van der Waals surface area (Å²) in [4.78, 5) is 2.39. The minimum absolute atomic E-state index is 0.247. The van der Waals surface area contributed by atoms with Gasteiger partial charge in [-0.3, -0.25) is 0 Å². The van der Waals surface area contributed by atoms with Crippen molar-refractivity contribution in [1.82, 2.24) is 0 Å². The monoisotopic (exact) mass is 204 g/mol. The second-order valence-electron chi connectivity index (χ2n) is 4.17. The summed E-state index contributed by atoms with van der Waals surface area (Å²) in [6.07, 6.45) is 2.25. The smallest absolute Gasteiger partial charge is 0.0417 e. The van der Waals surface area contributed by atoms with Gasteiger partial charge in [-0.1, -0.05) is 12.1 Å². The van der Waals surface area contributed by atoms with Crippen LogP contribution < -0.4 is 10.6 Å². The van der Waals surface area contributed by atoms with Crippen LogP contribution in [0.2, 0.25) is 0 Å². The maximum Gasteiger partial charge on any atom is 0.0417 e. The van der Waals surface area contributed by atoms with Crippen molar-refractivity contribution in [1.29, 1.82) is 0 Å². The molecule has 2 heteroatoms. The molecule has 2 rings (SSSR count). The van der Waals surface area contributed by atoms with E-state index in [1.807, 2.05) is 0 Å². The first-order chi connectivity index (χ1) is 7.27. The normalized spacial score (nSPS) is 19.0. The van der Waals surface area contributed by atoms with Crippen LogP contribution in [0.3, 0.4) is 0 Å². The molecule has 0 spiro atoms. The van der Waals surface area contributed by atoms with Gasteiger partial charge in [0.15, 0.2) is 0 Å². The van der Waals surface area contributed by atoms with Crippen molar-refractivity contribution < 1.29 is 0 Å². The lowest BCUT2D eigenvalue weighted by Gasteiger charge is -2.25. The van der Waals surface area contributed by atoms with Crippen molar-refractivity contribution in [3.63, 3.8) is 0 Å². The SMILES string of the molecule is CCN(CC)c1cccc2c1C(N)CC2. The lowest BCUT2D eigenvalue weighted by atomic mass is 10.0. The Kier molecular flexibility index (Phi) is 2.96. The fourth-order valence-corrected chi connectivity index (χ4v) is 2.54. The van der Waals surface area contributed by atoms with E-state index in [1.54, 1.807) is 0 Å². The molecular formula is C13H20N2. The minimum atomic E-state index is 0.247. The van der Waals surface area contributed by atoms with E-state index in [4.69, 9.17) is 5.73 Å². The van der Waals surface area contributed by atoms with E-state index in [2.05, 4.69) is 36.9 Å². The van der Waals surface area contributed by atoms with Gasteiger partial charge in [-0.25, -0.2) is 0 Å². The van der Waals surface area contributed by atoms with E-state index in [1.165, 1.54) is 16.8 Å². The minimum Gasteiger partial charge on any atom is -0.372 e. The van der Waals surface area contributed by atoms with Crippen LogP contribution in [0.5, 0.6) is 0 Å². The van der Waals surface area contributed by atoms with Gasteiger partial charge in [0.2, 0.25) is 0 Å². The highest BCUT2D eigenvalue weighted by molar-refractivity contribution is 5.59. The highest BCUT2D eigenvalue weighted by Gasteiger charge is 2.23. The zero-order chi connectivity index (χ0) is 10.8. The molecular weight excluding hydrogens is 184 g/mol. The highest BCUT2D eigenvalue weighted by atomic mass is 15.1. The van der Waals surface area contributed by atoms with E-state index in [9.17, 15) is 0 Å². The molecule has 0 fully saturated rings. The van der Waals surface area contributed by atoms with E-state index in [0.717, 1.165) is 25.9 Å². The fraction of sp³-hybridized carbons (Fsp3) is 0.538. The highest BCUT2D eigenvalue weighted by Crippen LogP contribution is 2.36. The summed E-state index contributed by atoms with van der Waals surface area (Å²) >= 11 is 0. The molecule has 82 valence electrons. The van der Waals surface area contributed by atoms with Gasteiger partial charge < -0.3 is 10.6 Å². The lowest BCUT2D eigenvalue weighted by Crippen LogP contribution is -2.24. The van der Waals surface area contributed by atoms with Crippen molar-refractivity contribution >= 4 is 5.69 Å². The van der Waals surface area contributed by atoms with Gasteiger partial charge >= 0.3 is 0 Å². The standard InChI is InChI=1S/C13H20N2/c1-3-15(4-2)12-7-5-6-10-8-9-11(14)13(10)12/h5-7,11H,3-4,8-9,14H2,1-2H3. The Hall–Kier alpha value is -1.02. The molecule has 0 aromatic heterocycles. The average Bonchev–Trinajstić information content (AvgIpc) is 2.63. The van der Waals surface area contributed by atoms with Gasteiger partial charge in [-0.05, 0) is 43.9 Å². The molecule has 0 bridgehead atoms. The number of benzene rings is 1. The first-order valence-corrected chi connectivity index (χ1v) is 5.90. The van der Waals surface area contributed by atoms with E-state index in [0.29, 0.717) is 0 Å². The number of anilines is 1. The van der Waals surface area contributed by atoms with Gasteiger partial charge in [0.1, 0.15) is 0 Å². The van der Waals surface area contributed by atoms with E-state index < -0.39 is 0 Å². The predicted octanol–water partition coefficient (Wildman–Crippen LogP) is 2.48. The van der Waals surface area contributed by atoms with Crippen molar-refractivity contribution in [3.8, 4) is 0 Å². The fourth-order valence-electron chi connectivity index (χ4n) is 2.54. The third kappa shape index (κ3) is 1.74. The Morgan fingerprint density at radius 3 is 2.73 bits per heavy atom. The number of nitrogens with two attached hydrogens (primary N) is 1. The van der Waals surface area contributed by atoms with Gasteiger partial charge in [0.05, 0.1) is 0 Å². The molecule has 0 aliphatic heterocycles. The Morgan fingerprint density at radius 2 is 2.07 bits per heavy atom. The molecule has 1 atom stereocenters. The molecule has 2 nitrogen and oxygen atoms in total. The molecule has 1 aliphatic rings. The number of aryl methyl sites for hydroxylation is 1. The van der Waals surface area contributed by atoms with Crippen molar-refractivity contribution in [2.45, 2.75) is 32.7 Å². The number of fused-ring (bicyclic) bond motifs is 1. The second kappa shape index (κ2) is 4.23. The molecule has 0 saturated carbocycles. The summed E-state index contributed by atoms with van der Waals surface area (Å²) in [5.74, 6) is 0. The molecule has 2 N–H and O–H groups in total. The van der Waals surface area contributed by atoms with Crippen LogP contribution in [-0.2, 0) is 6.42 Å². The number of hydrogen-bond acceptors (Lipinski definition) is 2. The van der Waals surface area contributed by atoms with Crippen LogP contribution in [0.4, 0.5) is 5.69 Å². The van der Waals surface area contributed by atoms with Crippen molar-refractivity contribution in [3.05, 3.63) is 29.3 Å². The Labute approximate surface area is 92.1 Å². The zero-order valence-electron chi connectivity index (χ0n) is 9.66. The summed E-state index contributed by atoms with van der Waals surface area (Å²) in [6.45, 7) is 6.51. The van der Waals surface area contributed by atoms with Crippen LogP contribution in [0, 0.1) is 0 Å². The first kappa shape index (κ1) is 10.5. The third-order valence-corrected chi connectivity index (χ3v) is 3.37. The van der Waals surface area contributed by atoms with E-state index >= 15 is 0 Å². The van der Waals surface area contributed by atoms with Crippen LogP contribution in [0.1, 0.15) is 37.4 Å². The van der Waals surface area contributed by atoms with Gasteiger partial charge in [0, 0.05) is 24.8 Å². The Morgan fingerprint density at radius 1 is 1.33 bits per heavy atom. The predicted molar refractivity (Wildman–Crippen MR) is 65.3 cm³/mol. The first-order valence-electron chi connectivity index (χ1n) is 5.90. The molecule has 1 unspecified atom stereocenters. The quantitative estimate of drug-likeness (QED) is 0.819. The van der Waals surface area contributed by atoms with Crippen LogP contribution >= 0.6 is 0 Å². The number of rotatable bonds is 3. The second-order valence-corrected chi connectivity index (χ2v) is 4.17. The summed E-state index contributed by atoms with van der Waals surface area (Å²) in [5, 5.41) is 0. The van der Waals surface area contributed by atoms with E-state index in [-0.39, 0.29) is 6.04 Å². The maximum absolute atomic E-state index is 6.17. The molecule has 0 radical (unpaired) electrons. The topological polar surface area (TPSA) is 29.3 Å². The van der Waals surface area contributed by atoms with Crippen molar-refractivity contribution in [2.75, 3.05) is 18.0 Å². The number of nitrogens with zero attached hydrogens (tertiary/aromatic N) is 1. The third-order valence-electron chi connectivity index (χ3n) is 3.37. The van der Waals surface area contributed by atoms with Crippen LogP contribution in [0.15, 0.2) is 18.2 Å². The molecule has 0 amide bonds. The zero-order valence-corrected chi connectivity index (χ0v) is 9.66. The lowest BCUT2D eigenvalue weighted by molar-refractivity contribution is 0.708. The largest absolute Gasteiger partial charge is 0.372 e. The Balaban J connectivity index is 2.44. The molecule has 1 aromatic rings. The summed E-state index contributed by atoms with van der Waals surface area (Å²) in [7, 11) is 0. The van der Waals surface area contributed by atoms with Gasteiger partial charge in [-0.15, -0.1) is 0 Å². The van der Waals surface area contributed by atoms with Crippen molar-refractivity contribution in [2.24, 2.45) is 5.73 Å². The maximum atomic E-state index is 6.17. The number of hydrogen-bond donors (Lipinski definition) is 1. The average molecular weight is 204 g/mol. The van der Waals surface area contributed by atoms with Gasteiger partial charge in [0.25, 0.3) is 0 Å². The van der Waals surface area contributed by atoms with Crippen LogP contribution in [-0.4, -0.2) is 13.1 Å².